The lowest BCUT2D eigenvalue weighted by Crippen LogP contribution is -2.24. The average molecular weight is 371 g/mol. The van der Waals surface area contributed by atoms with Gasteiger partial charge in [-0.25, -0.2) is 9.78 Å². The molecule has 0 saturated carbocycles. The molecule has 136 valence electrons. The highest BCUT2D eigenvalue weighted by molar-refractivity contribution is 7.20. The Morgan fingerprint density at radius 2 is 2.04 bits per heavy atom. The molecule has 0 aliphatic carbocycles. The van der Waals surface area contributed by atoms with Crippen LogP contribution in [0, 0.1) is 6.92 Å². The van der Waals surface area contributed by atoms with Crippen LogP contribution in [-0.4, -0.2) is 35.0 Å². The normalized spacial score (nSPS) is 12.5. The van der Waals surface area contributed by atoms with Gasteiger partial charge in [0.25, 0.3) is 5.56 Å². The molecular weight excluding hydrogens is 350 g/mol. The van der Waals surface area contributed by atoms with E-state index < -0.39 is 5.97 Å². The molecule has 3 aromatic rings. The summed E-state index contributed by atoms with van der Waals surface area (Å²) in [6, 6.07) is 10.3. The van der Waals surface area contributed by atoms with Crippen LogP contribution in [-0.2, 0) is 11.3 Å². The van der Waals surface area contributed by atoms with Gasteiger partial charge in [-0.2, -0.15) is 0 Å². The number of rotatable bonds is 5. The molecule has 26 heavy (non-hydrogen) atoms. The van der Waals surface area contributed by atoms with Crippen molar-refractivity contribution in [1.82, 2.24) is 14.9 Å². The first-order valence-corrected chi connectivity index (χ1v) is 9.09. The van der Waals surface area contributed by atoms with Gasteiger partial charge in [-0.3, -0.25) is 9.69 Å². The van der Waals surface area contributed by atoms with Crippen molar-refractivity contribution >= 4 is 27.5 Å². The molecule has 7 heteroatoms. The number of aryl methyl sites for hydroxylation is 1. The van der Waals surface area contributed by atoms with Crippen molar-refractivity contribution in [1.29, 1.82) is 0 Å². The van der Waals surface area contributed by atoms with Crippen molar-refractivity contribution in [3.8, 4) is 0 Å². The quantitative estimate of drug-likeness (QED) is 0.697. The number of ether oxygens (including phenoxy) is 1. The standard InChI is InChI=1S/C19H21N3O3S/c1-11-15-17(23)20-14(21-18(15)26-16(11)19(24)25-4)10-22(3)12(2)13-8-6-5-7-9-13/h5-9,12H,10H2,1-4H3,(H,20,21,23)/t12-/m1/s1. The van der Waals surface area contributed by atoms with E-state index in [-0.39, 0.29) is 11.6 Å². The highest BCUT2D eigenvalue weighted by atomic mass is 32.1. The van der Waals surface area contributed by atoms with E-state index in [4.69, 9.17) is 4.74 Å². The first-order chi connectivity index (χ1) is 12.4. The number of aromatic amines is 1. The molecule has 0 fully saturated rings. The fraction of sp³-hybridized carbons (Fsp3) is 0.316. The Hall–Kier alpha value is -2.51. The summed E-state index contributed by atoms with van der Waals surface area (Å²) in [6.07, 6.45) is 0. The first-order valence-electron chi connectivity index (χ1n) is 8.28. The van der Waals surface area contributed by atoms with Gasteiger partial charge in [0.1, 0.15) is 15.5 Å². The number of carbonyl (C=O) groups excluding carboxylic acids is 1. The number of hydrogen-bond donors (Lipinski definition) is 1. The Labute approximate surface area is 155 Å². The third-order valence-electron chi connectivity index (χ3n) is 4.56. The Balaban J connectivity index is 1.91. The maximum absolute atomic E-state index is 12.5. The molecule has 6 nitrogen and oxygen atoms in total. The van der Waals surface area contributed by atoms with E-state index in [1.165, 1.54) is 24.0 Å². The average Bonchev–Trinajstić information content (AvgIpc) is 2.98. The molecule has 0 aliphatic heterocycles. The zero-order valence-corrected chi connectivity index (χ0v) is 16.0. The molecular formula is C19H21N3O3S. The van der Waals surface area contributed by atoms with Crippen molar-refractivity contribution in [2.45, 2.75) is 26.4 Å². The summed E-state index contributed by atoms with van der Waals surface area (Å²) in [5.41, 5.74) is 1.58. The number of fused-ring (bicyclic) bond motifs is 1. The molecule has 3 rings (SSSR count). The van der Waals surface area contributed by atoms with Gasteiger partial charge in [-0.1, -0.05) is 30.3 Å². The number of carbonyl (C=O) groups is 1. The molecule has 2 heterocycles. The van der Waals surface area contributed by atoms with Crippen molar-refractivity contribution in [2.75, 3.05) is 14.2 Å². The fourth-order valence-corrected chi connectivity index (χ4v) is 4.03. The van der Waals surface area contributed by atoms with E-state index in [2.05, 4.69) is 33.9 Å². The van der Waals surface area contributed by atoms with Crippen LogP contribution < -0.4 is 5.56 Å². The second-order valence-corrected chi connectivity index (χ2v) is 7.24. The van der Waals surface area contributed by atoms with E-state index in [9.17, 15) is 9.59 Å². The van der Waals surface area contributed by atoms with Crippen LogP contribution in [0.1, 0.15) is 39.6 Å². The second kappa shape index (κ2) is 7.39. The van der Waals surface area contributed by atoms with Gasteiger partial charge in [-0.15, -0.1) is 11.3 Å². The Morgan fingerprint density at radius 3 is 2.69 bits per heavy atom. The number of methoxy groups -OCH3 is 1. The summed E-state index contributed by atoms with van der Waals surface area (Å²) >= 11 is 1.19. The smallest absolute Gasteiger partial charge is 0.348 e. The van der Waals surface area contributed by atoms with Crippen LogP contribution in [0.2, 0.25) is 0 Å². The van der Waals surface area contributed by atoms with Crippen molar-refractivity contribution in [3.63, 3.8) is 0 Å². The fourth-order valence-electron chi connectivity index (χ4n) is 2.91. The Morgan fingerprint density at radius 1 is 1.35 bits per heavy atom. The van der Waals surface area contributed by atoms with Gasteiger partial charge < -0.3 is 9.72 Å². The largest absolute Gasteiger partial charge is 0.465 e. The molecule has 0 spiro atoms. The van der Waals surface area contributed by atoms with Crippen molar-refractivity contribution < 1.29 is 9.53 Å². The van der Waals surface area contributed by atoms with E-state index in [0.29, 0.717) is 33.0 Å². The number of thiophene rings is 1. The maximum Gasteiger partial charge on any atom is 0.348 e. The van der Waals surface area contributed by atoms with Crippen LogP contribution in [0.25, 0.3) is 10.2 Å². The van der Waals surface area contributed by atoms with Crippen LogP contribution >= 0.6 is 11.3 Å². The highest BCUT2D eigenvalue weighted by Gasteiger charge is 2.20. The number of aromatic nitrogens is 2. The Kier molecular flexibility index (Phi) is 5.20. The van der Waals surface area contributed by atoms with E-state index in [0.717, 1.165) is 0 Å². The lowest BCUT2D eigenvalue weighted by Gasteiger charge is -2.24. The molecule has 1 atom stereocenters. The summed E-state index contributed by atoms with van der Waals surface area (Å²) in [4.78, 5) is 34.9. The number of hydrogen-bond acceptors (Lipinski definition) is 6. The molecule has 1 N–H and O–H groups in total. The molecule has 0 amide bonds. The number of H-pyrrole nitrogens is 1. The lowest BCUT2D eigenvalue weighted by atomic mass is 10.1. The number of nitrogens with one attached hydrogen (secondary N) is 1. The van der Waals surface area contributed by atoms with E-state index >= 15 is 0 Å². The molecule has 0 bridgehead atoms. The van der Waals surface area contributed by atoms with Crippen LogP contribution in [0.5, 0.6) is 0 Å². The van der Waals surface area contributed by atoms with Gasteiger partial charge >= 0.3 is 5.97 Å². The third-order valence-corrected chi connectivity index (χ3v) is 5.73. The van der Waals surface area contributed by atoms with Crippen LogP contribution in [0.15, 0.2) is 35.1 Å². The second-order valence-electron chi connectivity index (χ2n) is 6.24. The minimum atomic E-state index is -0.443. The summed E-state index contributed by atoms with van der Waals surface area (Å²) in [7, 11) is 3.32. The van der Waals surface area contributed by atoms with E-state index in [1.807, 2.05) is 25.2 Å². The molecule has 0 saturated heterocycles. The zero-order chi connectivity index (χ0) is 18.8. The van der Waals surface area contributed by atoms with Gasteiger partial charge in [0.05, 0.1) is 19.0 Å². The van der Waals surface area contributed by atoms with Crippen molar-refractivity contribution in [2.24, 2.45) is 0 Å². The summed E-state index contributed by atoms with van der Waals surface area (Å²) in [5.74, 6) is 0.131. The van der Waals surface area contributed by atoms with Crippen LogP contribution in [0.3, 0.4) is 0 Å². The molecule has 0 radical (unpaired) electrons. The topological polar surface area (TPSA) is 75.3 Å². The number of esters is 1. The SMILES string of the molecule is COC(=O)c1sc2nc(CN(C)[C@H](C)c3ccccc3)[nH]c(=O)c2c1C. The zero-order valence-electron chi connectivity index (χ0n) is 15.2. The first kappa shape index (κ1) is 18.3. The van der Waals surface area contributed by atoms with Gasteiger partial charge in [0.2, 0.25) is 0 Å². The summed E-state index contributed by atoms with van der Waals surface area (Å²) < 4.78 is 4.78. The monoisotopic (exact) mass is 371 g/mol. The van der Waals surface area contributed by atoms with Crippen molar-refractivity contribution in [3.05, 3.63) is 62.5 Å². The van der Waals surface area contributed by atoms with Gasteiger partial charge in [-0.05, 0) is 32.0 Å². The number of nitrogens with zero attached hydrogens (tertiary/aromatic N) is 2. The number of benzene rings is 1. The molecule has 1 aromatic carbocycles. The molecule has 2 aromatic heterocycles. The molecule has 0 unspecified atom stereocenters. The third kappa shape index (κ3) is 3.40. The minimum absolute atomic E-state index is 0.174. The van der Waals surface area contributed by atoms with Crippen LogP contribution in [0.4, 0.5) is 0 Å². The lowest BCUT2D eigenvalue weighted by molar-refractivity contribution is 0.0605. The predicted molar refractivity (Wildman–Crippen MR) is 103 cm³/mol. The summed E-state index contributed by atoms with van der Waals surface area (Å²) in [6.45, 7) is 4.34. The maximum atomic E-state index is 12.5. The van der Waals surface area contributed by atoms with E-state index in [1.54, 1.807) is 6.92 Å². The minimum Gasteiger partial charge on any atom is -0.465 e. The summed E-state index contributed by atoms with van der Waals surface area (Å²) in [5, 5.41) is 0.456. The van der Waals surface area contributed by atoms with Gasteiger partial charge in [0.15, 0.2) is 0 Å². The predicted octanol–water partition coefficient (Wildman–Crippen LogP) is 3.27. The molecule has 0 aliphatic rings. The Bertz CT molecular complexity index is 994. The van der Waals surface area contributed by atoms with Gasteiger partial charge in [0, 0.05) is 6.04 Å². The highest BCUT2D eigenvalue weighted by Crippen LogP contribution is 2.28.